The van der Waals surface area contributed by atoms with Gasteiger partial charge in [-0.1, -0.05) is 5.16 Å². The number of rotatable bonds is 6. The van der Waals surface area contributed by atoms with Gasteiger partial charge in [0.2, 0.25) is 11.8 Å². The lowest BCUT2D eigenvalue weighted by Gasteiger charge is -2.03. The van der Waals surface area contributed by atoms with Crippen LogP contribution in [-0.2, 0) is 17.7 Å². The average Bonchev–Trinajstić information content (AvgIpc) is 2.81. The Morgan fingerprint density at radius 3 is 2.63 bits per heavy atom. The highest BCUT2D eigenvalue weighted by Gasteiger charge is 2.06. The van der Waals surface area contributed by atoms with Gasteiger partial charge in [-0.2, -0.15) is 4.98 Å². The number of ether oxygens (including phenoxy) is 1. The molecule has 0 aliphatic heterocycles. The Morgan fingerprint density at radius 1 is 1.21 bits per heavy atom. The summed E-state index contributed by atoms with van der Waals surface area (Å²) in [6.45, 7) is 4.85. The second-order valence-corrected chi connectivity index (χ2v) is 4.18. The van der Waals surface area contributed by atoms with E-state index in [0.29, 0.717) is 37.2 Å². The summed E-state index contributed by atoms with van der Waals surface area (Å²) in [4.78, 5) is 12.8. The van der Waals surface area contributed by atoms with E-state index in [1.165, 1.54) is 0 Å². The fourth-order valence-electron chi connectivity index (χ4n) is 1.62. The first-order valence-electron chi connectivity index (χ1n) is 6.04. The minimum Gasteiger partial charge on any atom is -0.384 e. The zero-order chi connectivity index (χ0) is 13.7. The first kappa shape index (κ1) is 13.4. The van der Waals surface area contributed by atoms with E-state index in [4.69, 9.17) is 9.26 Å². The maximum absolute atomic E-state index is 5.08. The maximum Gasteiger partial charge on any atom is 0.229 e. The van der Waals surface area contributed by atoms with Crippen LogP contribution in [0.15, 0.2) is 10.6 Å². The molecule has 0 unspecified atom stereocenters. The fourth-order valence-corrected chi connectivity index (χ4v) is 1.62. The van der Waals surface area contributed by atoms with E-state index in [1.54, 1.807) is 7.11 Å². The average molecular weight is 263 g/mol. The highest BCUT2D eigenvalue weighted by molar-refractivity contribution is 5.27. The fraction of sp³-hybridized carbons (Fsp3) is 0.500. The summed E-state index contributed by atoms with van der Waals surface area (Å²) in [6, 6.07) is 1.92. The predicted molar refractivity (Wildman–Crippen MR) is 68.7 cm³/mol. The zero-order valence-electron chi connectivity index (χ0n) is 11.3. The van der Waals surface area contributed by atoms with E-state index in [2.05, 4.69) is 25.4 Å². The summed E-state index contributed by atoms with van der Waals surface area (Å²) >= 11 is 0. The molecule has 0 fully saturated rings. The number of hydrogen-bond acceptors (Lipinski definition) is 7. The Bertz CT molecular complexity index is 520. The molecule has 2 aromatic heterocycles. The van der Waals surface area contributed by atoms with Crippen molar-refractivity contribution in [1.82, 2.24) is 20.1 Å². The maximum atomic E-state index is 5.08. The molecule has 0 bridgehead atoms. The van der Waals surface area contributed by atoms with Crippen molar-refractivity contribution in [3.63, 3.8) is 0 Å². The second kappa shape index (κ2) is 6.24. The number of nitrogens with zero attached hydrogens (tertiary/aromatic N) is 4. The van der Waals surface area contributed by atoms with Gasteiger partial charge in [0.05, 0.1) is 19.6 Å². The molecule has 1 N–H and O–H groups in total. The van der Waals surface area contributed by atoms with Crippen molar-refractivity contribution in [2.45, 2.75) is 26.8 Å². The van der Waals surface area contributed by atoms with Gasteiger partial charge < -0.3 is 14.6 Å². The van der Waals surface area contributed by atoms with Crippen LogP contribution in [0.4, 0.5) is 5.95 Å². The Kier molecular flexibility index (Phi) is 4.40. The summed E-state index contributed by atoms with van der Waals surface area (Å²) in [5, 5.41) is 6.94. The van der Waals surface area contributed by atoms with Crippen LogP contribution in [0.1, 0.15) is 23.1 Å². The van der Waals surface area contributed by atoms with Crippen molar-refractivity contribution in [2.75, 3.05) is 19.0 Å². The van der Waals surface area contributed by atoms with Gasteiger partial charge in [-0.05, 0) is 19.9 Å². The van der Waals surface area contributed by atoms with Crippen molar-refractivity contribution in [1.29, 1.82) is 0 Å². The summed E-state index contributed by atoms with van der Waals surface area (Å²) in [7, 11) is 1.64. The molecule has 2 aromatic rings. The number of nitrogens with one attached hydrogen (secondary N) is 1. The van der Waals surface area contributed by atoms with E-state index < -0.39 is 0 Å². The molecule has 0 saturated carbocycles. The topological polar surface area (TPSA) is 86.0 Å². The van der Waals surface area contributed by atoms with Crippen LogP contribution in [0, 0.1) is 13.8 Å². The highest BCUT2D eigenvalue weighted by Crippen LogP contribution is 2.05. The third-order valence-electron chi connectivity index (χ3n) is 2.42. The molecule has 0 saturated heterocycles. The van der Waals surface area contributed by atoms with Crippen LogP contribution in [-0.4, -0.2) is 33.8 Å². The Morgan fingerprint density at radius 2 is 1.95 bits per heavy atom. The zero-order valence-corrected chi connectivity index (χ0v) is 11.3. The molecular weight excluding hydrogens is 246 g/mol. The molecule has 7 heteroatoms. The van der Waals surface area contributed by atoms with Crippen LogP contribution < -0.4 is 5.32 Å². The van der Waals surface area contributed by atoms with Crippen molar-refractivity contribution < 1.29 is 9.26 Å². The SMILES string of the molecule is COCCc1nc(CNc2nc(C)cc(C)n2)no1. The Balaban J connectivity index is 1.92. The lowest BCUT2D eigenvalue weighted by Crippen LogP contribution is -2.06. The standard InChI is InChI=1S/C12H17N5O2/c1-8-6-9(2)15-12(14-8)13-7-10-16-11(19-17-10)4-5-18-3/h6H,4-5,7H2,1-3H3,(H,13,14,15). The summed E-state index contributed by atoms with van der Waals surface area (Å²) in [6.07, 6.45) is 0.615. The van der Waals surface area contributed by atoms with E-state index in [-0.39, 0.29) is 0 Å². The molecule has 2 rings (SSSR count). The molecule has 0 spiro atoms. The second-order valence-electron chi connectivity index (χ2n) is 4.18. The van der Waals surface area contributed by atoms with Gasteiger partial charge in [0.25, 0.3) is 0 Å². The Labute approximate surface area is 111 Å². The van der Waals surface area contributed by atoms with Crippen molar-refractivity contribution in [3.05, 3.63) is 29.2 Å². The minimum absolute atomic E-state index is 0.430. The van der Waals surface area contributed by atoms with E-state index in [9.17, 15) is 0 Å². The molecule has 0 aliphatic rings. The lowest BCUT2D eigenvalue weighted by molar-refractivity contribution is 0.192. The van der Waals surface area contributed by atoms with Crippen molar-refractivity contribution >= 4 is 5.95 Å². The number of aryl methyl sites for hydroxylation is 2. The molecule has 0 aromatic carbocycles. The normalized spacial score (nSPS) is 10.7. The quantitative estimate of drug-likeness (QED) is 0.840. The van der Waals surface area contributed by atoms with Gasteiger partial charge in [-0.25, -0.2) is 9.97 Å². The van der Waals surface area contributed by atoms with Crippen LogP contribution in [0.2, 0.25) is 0 Å². The Hall–Kier alpha value is -2.02. The molecule has 2 heterocycles. The van der Waals surface area contributed by atoms with Gasteiger partial charge in [0.1, 0.15) is 0 Å². The molecule has 102 valence electrons. The third-order valence-corrected chi connectivity index (χ3v) is 2.42. The van der Waals surface area contributed by atoms with Gasteiger partial charge in [0.15, 0.2) is 5.82 Å². The number of methoxy groups -OCH3 is 1. The summed E-state index contributed by atoms with van der Waals surface area (Å²) < 4.78 is 10.0. The van der Waals surface area contributed by atoms with Gasteiger partial charge in [0, 0.05) is 18.5 Å². The predicted octanol–water partition coefficient (Wildman–Crippen LogP) is 1.28. The molecule has 19 heavy (non-hydrogen) atoms. The molecule has 0 amide bonds. The number of hydrogen-bond donors (Lipinski definition) is 1. The largest absolute Gasteiger partial charge is 0.384 e. The lowest BCUT2D eigenvalue weighted by atomic mass is 10.4. The molecular formula is C12H17N5O2. The molecule has 0 aliphatic carbocycles. The minimum atomic E-state index is 0.430. The monoisotopic (exact) mass is 263 g/mol. The summed E-state index contributed by atoms with van der Waals surface area (Å²) in [5.74, 6) is 1.72. The van der Waals surface area contributed by atoms with Crippen molar-refractivity contribution in [2.24, 2.45) is 0 Å². The first-order valence-corrected chi connectivity index (χ1v) is 6.04. The smallest absolute Gasteiger partial charge is 0.229 e. The van der Waals surface area contributed by atoms with E-state index >= 15 is 0 Å². The highest BCUT2D eigenvalue weighted by atomic mass is 16.5. The van der Waals surface area contributed by atoms with Gasteiger partial charge >= 0.3 is 0 Å². The molecule has 0 radical (unpaired) electrons. The van der Waals surface area contributed by atoms with Crippen LogP contribution in [0.5, 0.6) is 0 Å². The first-order chi connectivity index (χ1) is 9.17. The molecule has 7 nitrogen and oxygen atoms in total. The van der Waals surface area contributed by atoms with Crippen LogP contribution in [0.3, 0.4) is 0 Å². The number of aromatic nitrogens is 4. The van der Waals surface area contributed by atoms with E-state index in [1.807, 2.05) is 19.9 Å². The van der Waals surface area contributed by atoms with Crippen LogP contribution in [0.25, 0.3) is 0 Å². The third kappa shape index (κ3) is 3.99. The number of anilines is 1. The molecule has 0 atom stereocenters. The van der Waals surface area contributed by atoms with Crippen LogP contribution >= 0.6 is 0 Å². The van der Waals surface area contributed by atoms with E-state index in [0.717, 1.165) is 11.4 Å². The summed E-state index contributed by atoms with van der Waals surface area (Å²) in [5.41, 5.74) is 1.84. The van der Waals surface area contributed by atoms with Crippen molar-refractivity contribution in [3.8, 4) is 0 Å². The van der Waals surface area contributed by atoms with Gasteiger partial charge in [-0.3, -0.25) is 0 Å². The van der Waals surface area contributed by atoms with Gasteiger partial charge in [-0.15, -0.1) is 0 Å².